The minimum Gasteiger partial charge on any atom is -0.379 e. The second-order valence-electron chi connectivity index (χ2n) is 4.96. The molecule has 1 aromatic carbocycles. The van der Waals surface area contributed by atoms with Gasteiger partial charge in [-0.1, -0.05) is 12.1 Å². The molecule has 0 spiro atoms. The van der Waals surface area contributed by atoms with Crippen molar-refractivity contribution in [2.24, 2.45) is 0 Å². The molecular weight excluding hydrogens is 254 g/mol. The molecule has 1 saturated heterocycles. The zero-order chi connectivity index (χ0) is 12.9. The molecule has 3 nitrogen and oxygen atoms in total. The largest absolute Gasteiger partial charge is 0.379 e. The lowest BCUT2D eigenvalue weighted by Crippen LogP contribution is -2.18. The van der Waals surface area contributed by atoms with E-state index in [4.69, 9.17) is 0 Å². The van der Waals surface area contributed by atoms with Crippen molar-refractivity contribution in [1.29, 1.82) is 0 Å². The zero-order valence-corrected chi connectivity index (χ0v) is 11.8. The molecule has 0 saturated carbocycles. The molecule has 0 aliphatic carbocycles. The van der Waals surface area contributed by atoms with Gasteiger partial charge in [-0.3, -0.25) is 4.90 Å². The van der Waals surface area contributed by atoms with Gasteiger partial charge in [0.15, 0.2) is 0 Å². The van der Waals surface area contributed by atoms with Gasteiger partial charge >= 0.3 is 0 Å². The molecule has 3 rings (SSSR count). The van der Waals surface area contributed by atoms with E-state index in [2.05, 4.69) is 39.5 Å². The van der Waals surface area contributed by atoms with E-state index < -0.39 is 0 Å². The summed E-state index contributed by atoms with van der Waals surface area (Å²) >= 11 is 1.69. The SMILES string of the molecule is c1csc(CNc2ccc(CN3CCCC3)cc2)n1. The molecule has 2 aromatic rings. The van der Waals surface area contributed by atoms with Crippen LogP contribution in [0.2, 0.25) is 0 Å². The van der Waals surface area contributed by atoms with Crippen LogP contribution >= 0.6 is 11.3 Å². The molecule has 0 amide bonds. The molecule has 1 aliphatic rings. The average Bonchev–Trinajstić information content (AvgIpc) is 3.11. The molecule has 19 heavy (non-hydrogen) atoms. The highest BCUT2D eigenvalue weighted by Gasteiger charge is 2.11. The fourth-order valence-corrected chi connectivity index (χ4v) is 3.00. The van der Waals surface area contributed by atoms with Crippen molar-refractivity contribution in [3.8, 4) is 0 Å². The summed E-state index contributed by atoms with van der Waals surface area (Å²) in [7, 11) is 0. The van der Waals surface area contributed by atoms with Crippen LogP contribution in [0.5, 0.6) is 0 Å². The molecule has 1 fully saturated rings. The summed E-state index contributed by atoms with van der Waals surface area (Å²) in [4.78, 5) is 6.79. The van der Waals surface area contributed by atoms with Crippen LogP contribution in [0.15, 0.2) is 35.8 Å². The molecular formula is C15H19N3S. The van der Waals surface area contributed by atoms with Gasteiger partial charge in [0.1, 0.15) is 5.01 Å². The Kier molecular flexibility index (Phi) is 4.10. The number of nitrogens with one attached hydrogen (secondary N) is 1. The predicted molar refractivity (Wildman–Crippen MR) is 80.4 cm³/mol. The minimum absolute atomic E-state index is 0.809. The van der Waals surface area contributed by atoms with Crippen LogP contribution in [0.3, 0.4) is 0 Å². The Labute approximate surface area is 118 Å². The van der Waals surface area contributed by atoms with Gasteiger partial charge in [-0.25, -0.2) is 4.98 Å². The number of rotatable bonds is 5. The number of hydrogen-bond acceptors (Lipinski definition) is 4. The van der Waals surface area contributed by atoms with E-state index in [1.807, 2.05) is 11.6 Å². The van der Waals surface area contributed by atoms with Crippen molar-refractivity contribution in [1.82, 2.24) is 9.88 Å². The van der Waals surface area contributed by atoms with Gasteiger partial charge in [0, 0.05) is 23.8 Å². The number of aromatic nitrogens is 1. The van der Waals surface area contributed by atoms with Crippen LogP contribution in [-0.2, 0) is 13.1 Å². The summed E-state index contributed by atoms with van der Waals surface area (Å²) < 4.78 is 0. The molecule has 0 radical (unpaired) electrons. The second-order valence-corrected chi connectivity index (χ2v) is 5.94. The third kappa shape index (κ3) is 3.55. The monoisotopic (exact) mass is 273 g/mol. The molecule has 1 aliphatic heterocycles. The van der Waals surface area contributed by atoms with E-state index in [-0.39, 0.29) is 0 Å². The molecule has 0 atom stereocenters. The maximum atomic E-state index is 4.27. The third-order valence-electron chi connectivity index (χ3n) is 3.49. The first-order valence-electron chi connectivity index (χ1n) is 6.84. The maximum Gasteiger partial charge on any atom is 0.112 e. The fourth-order valence-electron chi connectivity index (χ4n) is 2.44. The van der Waals surface area contributed by atoms with Crippen molar-refractivity contribution in [3.05, 3.63) is 46.4 Å². The molecule has 4 heteroatoms. The molecule has 0 bridgehead atoms. The quantitative estimate of drug-likeness (QED) is 0.905. The number of nitrogens with zero attached hydrogens (tertiary/aromatic N) is 2. The maximum absolute atomic E-state index is 4.27. The van der Waals surface area contributed by atoms with E-state index in [9.17, 15) is 0 Å². The van der Waals surface area contributed by atoms with Crippen LogP contribution < -0.4 is 5.32 Å². The summed E-state index contributed by atoms with van der Waals surface area (Å²) in [5, 5.41) is 6.54. The minimum atomic E-state index is 0.809. The standard InChI is InChI=1S/C15H19N3S/c1-2-9-18(8-1)12-13-3-5-14(6-4-13)17-11-15-16-7-10-19-15/h3-7,10,17H,1-2,8-9,11-12H2. The van der Waals surface area contributed by atoms with E-state index in [1.165, 1.54) is 37.2 Å². The smallest absolute Gasteiger partial charge is 0.112 e. The van der Waals surface area contributed by atoms with E-state index >= 15 is 0 Å². The Morgan fingerprint density at radius 3 is 2.63 bits per heavy atom. The summed E-state index contributed by atoms with van der Waals surface area (Å²) in [6, 6.07) is 8.78. The Morgan fingerprint density at radius 2 is 1.95 bits per heavy atom. The van der Waals surface area contributed by atoms with Crippen LogP contribution in [0.4, 0.5) is 5.69 Å². The van der Waals surface area contributed by atoms with Gasteiger partial charge in [-0.2, -0.15) is 0 Å². The average molecular weight is 273 g/mol. The Morgan fingerprint density at radius 1 is 1.16 bits per heavy atom. The lowest BCUT2D eigenvalue weighted by atomic mass is 10.2. The number of benzene rings is 1. The summed E-state index contributed by atoms with van der Waals surface area (Å²) in [5.41, 5.74) is 2.57. The lowest BCUT2D eigenvalue weighted by molar-refractivity contribution is 0.331. The molecule has 2 heterocycles. The summed E-state index contributed by atoms with van der Waals surface area (Å²) in [6.07, 6.45) is 4.56. The fraction of sp³-hybridized carbons (Fsp3) is 0.400. The molecule has 100 valence electrons. The number of hydrogen-bond donors (Lipinski definition) is 1. The first-order valence-corrected chi connectivity index (χ1v) is 7.72. The lowest BCUT2D eigenvalue weighted by Gasteiger charge is -2.14. The Balaban J connectivity index is 1.53. The highest BCUT2D eigenvalue weighted by atomic mass is 32.1. The Hall–Kier alpha value is -1.39. The van der Waals surface area contributed by atoms with Gasteiger partial charge in [-0.05, 0) is 43.6 Å². The summed E-state index contributed by atoms with van der Waals surface area (Å²) in [6.45, 7) is 4.41. The van der Waals surface area contributed by atoms with Crippen molar-refractivity contribution in [2.45, 2.75) is 25.9 Å². The van der Waals surface area contributed by atoms with Crippen molar-refractivity contribution >= 4 is 17.0 Å². The van der Waals surface area contributed by atoms with Gasteiger partial charge < -0.3 is 5.32 Å². The van der Waals surface area contributed by atoms with Crippen LogP contribution in [0, 0.1) is 0 Å². The molecule has 0 unspecified atom stereocenters. The molecule has 1 aromatic heterocycles. The van der Waals surface area contributed by atoms with Crippen molar-refractivity contribution in [3.63, 3.8) is 0 Å². The predicted octanol–water partition coefficient (Wildman–Crippen LogP) is 3.35. The topological polar surface area (TPSA) is 28.2 Å². The number of anilines is 1. The van der Waals surface area contributed by atoms with Crippen molar-refractivity contribution in [2.75, 3.05) is 18.4 Å². The first kappa shape index (κ1) is 12.6. The van der Waals surface area contributed by atoms with Gasteiger partial charge in [0.05, 0.1) is 6.54 Å². The zero-order valence-electron chi connectivity index (χ0n) is 11.0. The highest BCUT2D eigenvalue weighted by molar-refractivity contribution is 7.09. The van der Waals surface area contributed by atoms with Crippen molar-refractivity contribution < 1.29 is 0 Å². The van der Waals surface area contributed by atoms with Crippen LogP contribution in [0.25, 0.3) is 0 Å². The van der Waals surface area contributed by atoms with E-state index in [0.717, 1.165) is 18.1 Å². The van der Waals surface area contributed by atoms with Crippen LogP contribution in [-0.4, -0.2) is 23.0 Å². The third-order valence-corrected chi connectivity index (χ3v) is 4.27. The van der Waals surface area contributed by atoms with Gasteiger partial charge in [0.2, 0.25) is 0 Å². The van der Waals surface area contributed by atoms with Gasteiger partial charge in [-0.15, -0.1) is 11.3 Å². The van der Waals surface area contributed by atoms with Crippen LogP contribution in [0.1, 0.15) is 23.4 Å². The Bertz CT molecular complexity index is 487. The second kappa shape index (κ2) is 6.17. The highest BCUT2D eigenvalue weighted by Crippen LogP contribution is 2.16. The van der Waals surface area contributed by atoms with Gasteiger partial charge in [0.25, 0.3) is 0 Å². The first-order chi connectivity index (χ1) is 9.40. The normalized spacial score (nSPS) is 15.8. The molecule has 1 N–H and O–H groups in total. The number of thiazole rings is 1. The summed E-state index contributed by atoms with van der Waals surface area (Å²) in [5.74, 6) is 0. The van der Waals surface area contributed by atoms with E-state index in [0.29, 0.717) is 0 Å². The number of likely N-dealkylation sites (tertiary alicyclic amines) is 1. The van der Waals surface area contributed by atoms with E-state index in [1.54, 1.807) is 11.3 Å².